The lowest BCUT2D eigenvalue weighted by atomic mass is 10.0. The number of nitrogens with zero attached hydrogens (tertiary/aromatic N) is 1. The molecule has 0 radical (unpaired) electrons. The Morgan fingerprint density at radius 1 is 1.08 bits per heavy atom. The molecule has 132 valence electrons. The van der Waals surface area contributed by atoms with Crippen LogP contribution in [0.15, 0.2) is 54.6 Å². The van der Waals surface area contributed by atoms with E-state index < -0.39 is 6.04 Å². The first-order valence-corrected chi connectivity index (χ1v) is 8.54. The molecule has 1 heterocycles. The maximum atomic E-state index is 13.1. The summed E-state index contributed by atoms with van der Waals surface area (Å²) in [4.78, 5) is 15.2. The monoisotopic (exact) mass is 342 g/mol. The van der Waals surface area contributed by atoms with Crippen LogP contribution in [0.5, 0.6) is 0 Å². The van der Waals surface area contributed by atoms with E-state index in [2.05, 4.69) is 10.2 Å². The largest absolute Gasteiger partial charge is 0.373 e. The van der Waals surface area contributed by atoms with Crippen LogP contribution in [0.25, 0.3) is 0 Å². The summed E-state index contributed by atoms with van der Waals surface area (Å²) < 4.78 is 18.9. The minimum Gasteiger partial charge on any atom is -0.373 e. The number of benzene rings is 2. The van der Waals surface area contributed by atoms with Crippen LogP contribution < -0.4 is 5.32 Å². The van der Waals surface area contributed by atoms with Crippen molar-refractivity contribution in [2.24, 2.45) is 0 Å². The Labute approximate surface area is 147 Å². The highest BCUT2D eigenvalue weighted by molar-refractivity contribution is 5.95. The van der Waals surface area contributed by atoms with Crippen LogP contribution >= 0.6 is 0 Å². The molecule has 1 saturated heterocycles. The number of carbonyl (C=O) groups excluding carboxylic acids is 1. The van der Waals surface area contributed by atoms with E-state index in [0.717, 1.165) is 5.56 Å². The number of morpholine rings is 1. The summed E-state index contributed by atoms with van der Waals surface area (Å²) in [7, 11) is 0. The third-order valence-corrected chi connectivity index (χ3v) is 4.29. The number of halogens is 1. The van der Waals surface area contributed by atoms with Gasteiger partial charge in [-0.25, -0.2) is 4.39 Å². The molecule has 3 atom stereocenters. The molecule has 0 aliphatic carbocycles. The second-order valence-corrected chi connectivity index (χ2v) is 6.52. The van der Waals surface area contributed by atoms with Gasteiger partial charge in [-0.15, -0.1) is 0 Å². The normalized spacial score (nSPS) is 22.4. The molecular weight excluding hydrogens is 319 g/mol. The number of anilines is 1. The number of amides is 1. The highest BCUT2D eigenvalue weighted by atomic mass is 19.1. The lowest BCUT2D eigenvalue weighted by Crippen LogP contribution is -2.49. The molecule has 4 nitrogen and oxygen atoms in total. The zero-order valence-electron chi connectivity index (χ0n) is 14.5. The molecule has 3 rings (SSSR count). The van der Waals surface area contributed by atoms with E-state index in [-0.39, 0.29) is 23.9 Å². The zero-order chi connectivity index (χ0) is 17.8. The maximum Gasteiger partial charge on any atom is 0.246 e. The summed E-state index contributed by atoms with van der Waals surface area (Å²) in [6.45, 7) is 5.40. The van der Waals surface area contributed by atoms with Gasteiger partial charge in [0.15, 0.2) is 0 Å². The van der Waals surface area contributed by atoms with Gasteiger partial charge in [-0.1, -0.05) is 30.3 Å². The minimum absolute atomic E-state index is 0.0635. The number of nitrogens with one attached hydrogen (secondary N) is 1. The molecule has 2 aromatic rings. The van der Waals surface area contributed by atoms with Crippen molar-refractivity contribution in [1.82, 2.24) is 4.90 Å². The predicted molar refractivity (Wildman–Crippen MR) is 95.8 cm³/mol. The summed E-state index contributed by atoms with van der Waals surface area (Å²) in [5.41, 5.74) is 1.52. The summed E-state index contributed by atoms with van der Waals surface area (Å²) in [5, 5.41) is 2.91. The molecular formula is C20H23FN2O2. The van der Waals surface area contributed by atoms with Crippen LogP contribution in [-0.2, 0) is 9.53 Å². The van der Waals surface area contributed by atoms with Gasteiger partial charge in [-0.2, -0.15) is 0 Å². The summed E-state index contributed by atoms with van der Waals surface area (Å²) in [6, 6.07) is 15.1. The van der Waals surface area contributed by atoms with Crippen molar-refractivity contribution in [1.29, 1.82) is 0 Å². The molecule has 0 spiro atoms. The molecule has 5 heteroatoms. The molecule has 0 saturated carbocycles. The van der Waals surface area contributed by atoms with E-state index >= 15 is 0 Å². The standard InChI is InChI=1S/C20H23FN2O2/c1-14-12-23(13-15(2)25-14)19(16-6-4-3-5-7-16)20(24)22-18-10-8-17(21)9-11-18/h3-11,14-15,19H,12-13H2,1-2H3,(H,22,24)/t14-,15-,19-/m0/s1. The fourth-order valence-electron chi connectivity index (χ4n) is 3.34. The third-order valence-electron chi connectivity index (χ3n) is 4.29. The molecule has 2 aromatic carbocycles. The van der Waals surface area contributed by atoms with Crippen molar-refractivity contribution >= 4 is 11.6 Å². The van der Waals surface area contributed by atoms with Crippen LogP contribution in [0.4, 0.5) is 10.1 Å². The average molecular weight is 342 g/mol. The Kier molecular flexibility index (Phi) is 5.46. The number of hydrogen-bond acceptors (Lipinski definition) is 3. The van der Waals surface area contributed by atoms with Crippen LogP contribution in [0, 0.1) is 5.82 Å². The van der Waals surface area contributed by atoms with Gasteiger partial charge in [0.05, 0.1) is 12.2 Å². The van der Waals surface area contributed by atoms with Crippen molar-refractivity contribution in [3.8, 4) is 0 Å². The maximum absolute atomic E-state index is 13.1. The SMILES string of the molecule is C[C@H]1CN([C@H](C(=O)Nc2ccc(F)cc2)c2ccccc2)C[C@H](C)O1. The fraction of sp³-hybridized carbons (Fsp3) is 0.350. The molecule has 1 aliphatic heterocycles. The fourth-order valence-corrected chi connectivity index (χ4v) is 3.34. The van der Waals surface area contributed by atoms with Gasteiger partial charge in [0.2, 0.25) is 5.91 Å². The van der Waals surface area contributed by atoms with Crippen molar-refractivity contribution in [3.63, 3.8) is 0 Å². The Bertz CT molecular complexity index is 695. The molecule has 0 unspecified atom stereocenters. The first-order valence-electron chi connectivity index (χ1n) is 8.54. The summed E-state index contributed by atoms with van der Waals surface area (Å²) in [5.74, 6) is -0.451. The van der Waals surface area contributed by atoms with Gasteiger partial charge >= 0.3 is 0 Å². The molecule has 0 bridgehead atoms. The number of ether oxygens (including phenoxy) is 1. The minimum atomic E-state index is -0.417. The van der Waals surface area contributed by atoms with Gasteiger partial charge in [-0.05, 0) is 43.7 Å². The number of carbonyl (C=O) groups is 1. The van der Waals surface area contributed by atoms with Gasteiger partial charge < -0.3 is 10.1 Å². The number of rotatable bonds is 4. The second kappa shape index (κ2) is 7.76. The molecule has 1 fully saturated rings. The van der Waals surface area contributed by atoms with Gasteiger partial charge in [0, 0.05) is 18.8 Å². The van der Waals surface area contributed by atoms with Gasteiger partial charge in [-0.3, -0.25) is 9.69 Å². The van der Waals surface area contributed by atoms with Gasteiger partial charge in [0.1, 0.15) is 11.9 Å². The lowest BCUT2D eigenvalue weighted by molar-refractivity contribution is -0.128. The quantitative estimate of drug-likeness (QED) is 0.923. The Balaban J connectivity index is 1.85. The summed E-state index contributed by atoms with van der Waals surface area (Å²) in [6.07, 6.45) is 0.127. The van der Waals surface area contributed by atoms with E-state index in [4.69, 9.17) is 4.74 Å². The lowest BCUT2D eigenvalue weighted by Gasteiger charge is -2.39. The molecule has 1 N–H and O–H groups in total. The molecule has 0 aromatic heterocycles. The van der Waals surface area contributed by atoms with Crippen molar-refractivity contribution in [2.45, 2.75) is 32.1 Å². The Morgan fingerprint density at radius 3 is 2.28 bits per heavy atom. The van der Waals surface area contributed by atoms with Crippen LogP contribution in [-0.4, -0.2) is 36.1 Å². The van der Waals surface area contributed by atoms with Crippen molar-refractivity contribution in [3.05, 3.63) is 66.0 Å². The number of hydrogen-bond donors (Lipinski definition) is 1. The van der Waals surface area contributed by atoms with Crippen LogP contribution in [0.2, 0.25) is 0 Å². The van der Waals surface area contributed by atoms with Crippen molar-refractivity contribution in [2.75, 3.05) is 18.4 Å². The summed E-state index contributed by atoms with van der Waals surface area (Å²) >= 11 is 0. The van der Waals surface area contributed by atoms with Crippen LogP contribution in [0.1, 0.15) is 25.5 Å². The van der Waals surface area contributed by atoms with Gasteiger partial charge in [0.25, 0.3) is 0 Å². The Morgan fingerprint density at radius 2 is 1.68 bits per heavy atom. The first kappa shape index (κ1) is 17.6. The van der Waals surface area contributed by atoms with E-state index in [1.165, 1.54) is 12.1 Å². The van der Waals surface area contributed by atoms with E-state index in [1.807, 2.05) is 44.2 Å². The molecule has 1 amide bonds. The topological polar surface area (TPSA) is 41.6 Å². The highest BCUT2D eigenvalue weighted by Crippen LogP contribution is 2.26. The smallest absolute Gasteiger partial charge is 0.246 e. The average Bonchev–Trinajstić information content (AvgIpc) is 2.57. The first-order chi connectivity index (χ1) is 12.0. The molecule has 25 heavy (non-hydrogen) atoms. The zero-order valence-corrected chi connectivity index (χ0v) is 14.5. The second-order valence-electron chi connectivity index (χ2n) is 6.52. The van der Waals surface area contributed by atoms with Crippen LogP contribution in [0.3, 0.4) is 0 Å². The predicted octanol–water partition coefficient (Wildman–Crippen LogP) is 3.61. The third kappa shape index (κ3) is 4.44. The van der Waals surface area contributed by atoms with E-state index in [1.54, 1.807) is 12.1 Å². The van der Waals surface area contributed by atoms with E-state index in [0.29, 0.717) is 18.8 Å². The van der Waals surface area contributed by atoms with Crippen molar-refractivity contribution < 1.29 is 13.9 Å². The van der Waals surface area contributed by atoms with E-state index in [9.17, 15) is 9.18 Å². The highest BCUT2D eigenvalue weighted by Gasteiger charge is 2.33. The Hall–Kier alpha value is -2.24. The molecule has 1 aliphatic rings.